The molecule has 0 fully saturated rings. The molecule has 7 heteroatoms. The SMILES string of the molecule is Cc1ccc(C(=O)OCC(=O)N(CCC#N)c2ccc3c(c2)OCCO3)cc1. The smallest absolute Gasteiger partial charge is 0.338 e. The number of hydrogen-bond acceptors (Lipinski definition) is 6. The number of benzene rings is 2. The van der Waals surface area contributed by atoms with Gasteiger partial charge in [-0.2, -0.15) is 5.26 Å². The monoisotopic (exact) mass is 380 g/mol. The van der Waals surface area contributed by atoms with Crippen LogP contribution in [-0.4, -0.2) is 38.2 Å². The van der Waals surface area contributed by atoms with Crippen LogP contribution in [0.25, 0.3) is 0 Å². The van der Waals surface area contributed by atoms with Gasteiger partial charge < -0.3 is 19.1 Å². The number of fused-ring (bicyclic) bond motifs is 1. The van der Waals surface area contributed by atoms with Gasteiger partial charge in [0.1, 0.15) is 13.2 Å². The van der Waals surface area contributed by atoms with Crippen LogP contribution < -0.4 is 14.4 Å². The van der Waals surface area contributed by atoms with E-state index in [0.29, 0.717) is 36.0 Å². The summed E-state index contributed by atoms with van der Waals surface area (Å²) in [7, 11) is 0. The zero-order chi connectivity index (χ0) is 19.9. The van der Waals surface area contributed by atoms with Crippen molar-refractivity contribution in [3.63, 3.8) is 0 Å². The fraction of sp³-hybridized carbons (Fsp3) is 0.286. The van der Waals surface area contributed by atoms with Crippen LogP contribution in [0, 0.1) is 18.3 Å². The molecule has 1 heterocycles. The first-order valence-electron chi connectivity index (χ1n) is 8.89. The van der Waals surface area contributed by atoms with Crippen LogP contribution in [0.3, 0.4) is 0 Å². The van der Waals surface area contributed by atoms with E-state index in [1.165, 1.54) is 4.90 Å². The molecule has 0 saturated heterocycles. The third-order valence-corrected chi connectivity index (χ3v) is 4.20. The Morgan fingerprint density at radius 1 is 1.11 bits per heavy atom. The van der Waals surface area contributed by atoms with Gasteiger partial charge in [0.25, 0.3) is 5.91 Å². The Bertz CT molecular complexity index is 902. The molecule has 3 rings (SSSR count). The van der Waals surface area contributed by atoms with Gasteiger partial charge in [-0.25, -0.2) is 4.79 Å². The lowest BCUT2D eigenvalue weighted by atomic mass is 10.1. The highest BCUT2D eigenvalue weighted by molar-refractivity contribution is 5.97. The van der Waals surface area contributed by atoms with Crippen molar-refractivity contribution in [2.75, 3.05) is 31.3 Å². The van der Waals surface area contributed by atoms with Crippen molar-refractivity contribution in [3.8, 4) is 17.6 Å². The van der Waals surface area contributed by atoms with Gasteiger partial charge in [0.05, 0.1) is 18.1 Å². The molecule has 2 aromatic rings. The van der Waals surface area contributed by atoms with E-state index in [-0.39, 0.29) is 13.0 Å². The summed E-state index contributed by atoms with van der Waals surface area (Å²) in [6.07, 6.45) is 0.145. The van der Waals surface area contributed by atoms with E-state index < -0.39 is 18.5 Å². The summed E-state index contributed by atoms with van der Waals surface area (Å²) in [5, 5.41) is 8.91. The quantitative estimate of drug-likeness (QED) is 0.716. The van der Waals surface area contributed by atoms with Gasteiger partial charge in [-0.3, -0.25) is 4.79 Å². The van der Waals surface area contributed by atoms with Crippen LogP contribution in [-0.2, 0) is 9.53 Å². The first-order chi connectivity index (χ1) is 13.6. The van der Waals surface area contributed by atoms with Crippen LogP contribution in [0.5, 0.6) is 11.5 Å². The average molecular weight is 380 g/mol. The normalized spacial score (nSPS) is 12.0. The number of hydrogen-bond donors (Lipinski definition) is 0. The molecule has 1 aliphatic heterocycles. The first kappa shape index (κ1) is 19.2. The van der Waals surface area contributed by atoms with Crippen molar-refractivity contribution >= 4 is 17.6 Å². The molecule has 0 atom stereocenters. The molecule has 2 aromatic carbocycles. The van der Waals surface area contributed by atoms with Crippen LogP contribution >= 0.6 is 0 Å². The number of carbonyl (C=O) groups is 2. The summed E-state index contributed by atoms with van der Waals surface area (Å²) in [4.78, 5) is 26.2. The summed E-state index contributed by atoms with van der Waals surface area (Å²) in [5.74, 6) is 0.145. The predicted molar refractivity (Wildman–Crippen MR) is 101 cm³/mol. The Hall–Kier alpha value is -3.53. The Labute approximate surface area is 163 Å². The topological polar surface area (TPSA) is 88.9 Å². The van der Waals surface area contributed by atoms with Gasteiger partial charge in [-0.15, -0.1) is 0 Å². The van der Waals surface area contributed by atoms with Gasteiger partial charge in [0, 0.05) is 18.3 Å². The molecule has 0 unspecified atom stereocenters. The maximum absolute atomic E-state index is 12.7. The molecule has 0 bridgehead atoms. The molecule has 7 nitrogen and oxygen atoms in total. The molecular weight excluding hydrogens is 360 g/mol. The minimum Gasteiger partial charge on any atom is -0.486 e. The minimum absolute atomic E-state index is 0.145. The summed E-state index contributed by atoms with van der Waals surface area (Å²) in [6, 6.07) is 14.0. The average Bonchev–Trinajstić information content (AvgIpc) is 2.72. The zero-order valence-corrected chi connectivity index (χ0v) is 15.5. The first-order valence-corrected chi connectivity index (χ1v) is 8.89. The maximum Gasteiger partial charge on any atom is 0.338 e. The van der Waals surface area contributed by atoms with Crippen molar-refractivity contribution in [2.24, 2.45) is 0 Å². The Morgan fingerprint density at radius 2 is 1.82 bits per heavy atom. The Balaban J connectivity index is 1.70. The van der Waals surface area contributed by atoms with E-state index in [4.69, 9.17) is 19.5 Å². The summed E-state index contributed by atoms with van der Waals surface area (Å²) in [6.45, 7) is 2.57. The van der Waals surface area contributed by atoms with Gasteiger partial charge in [0.2, 0.25) is 0 Å². The molecule has 0 spiro atoms. The molecule has 1 amide bonds. The van der Waals surface area contributed by atoms with Crippen LogP contribution in [0.15, 0.2) is 42.5 Å². The summed E-state index contributed by atoms with van der Waals surface area (Å²) < 4.78 is 16.2. The van der Waals surface area contributed by atoms with E-state index in [1.54, 1.807) is 42.5 Å². The lowest BCUT2D eigenvalue weighted by Gasteiger charge is -2.24. The minimum atomic E-state index is -0.573. The molecule has 28 heavy (non-hydrogen) atoms. The highest BCUT2D eigenvalue weighted by Crippen LogP contribution is 2.34. The standard InChI is InChI=1S/C21H20N2O5/c1-15-3-5-16(6-4-15)21(25)28-14-20(24)23(10-2-9-22)17-7-8-18-19(13-17)27-12-11-26-18/h3-8,13H,2,10-12,14H2,1H3. The number of ether oxygens (including phenoxy) is 3. The van der Waals surface area contributed by atoms with E-state index >= 15 is 0 Å². The van der Waals surface area contributed by atoms with Crippen LogP contribution in [0.4, 0.5) is 5.69 Å². The van der Waals surface area contributed by atoms with Crippen molar-refractivity contribution < 1.29 is 23.8 Å². The second-order valence-corrected chi connectivity index (χ2v) is 6.22. The van der Waals surface area contributed by atoms with Crippen LogP contribution in [0.1, 0.15) is 22.3 Å². The highest BCUT2D eigenvalue weighted by atomic mass is 16.6. The molecule has 144 valence electrons. The molecule has 0 saturated carbocycles. The van der Waals surface area contributed by atoms with Gasteiger partial charge in [-0.05, 0) is 31.2 Å². The third-order valence-electron chi connectivity index (χ3n) is 4.20. The second-order valence-electron chi connectivity index (χ2n) is 6.22. The number of esters is 1. The van der Waals surface area contributed by atoms with Gasteiger partial charge in [-0.1, -0.05) is 17.7 Å². The zero-order valence-electron chi connectivity index (χ0n) is 15.5. The molecule has 1 aliphatic rings. The van der Waals surface area contributed by atoms with Crippen molar-refractivity contribution in [1.82, 2.24) is 0 Å². The van der Waals surface area contributed by atoms with E-state index in [0.717, 1.165) is 5.56 Å². The lowest BCUT2D eigenvalue weighted by molar-refractivity contribution is -0.121. The largest absolute Gasteiger partial charge is 0.486 e. The second kappa shape index (κ2) is 8.91. The Morgan fingerprint density at radius 3 is 2.54 bits per heavy atom. The maximum atomic E-state index is 12.7. The fourth-order valence-corrected chi connectivity index (χ4v) is 2.74. The lowest BCUT2D eigenvalue weighted by Crippen LogP contribution is -2.35. The molecular formula is C21H20N2O5. The van der Waals surface area contributed by atoms with E-state index in [2.05, 4.69) is 0 Å². The van der Waals surface area contributed by atoms with E-state index in [9.17, 15) is 9.59 Å². The van der Waals surface area contributed by atoms with Crippen molar-refractivity contribution in [3.05, 3.63) is 53.6 Å². The van der Waals surface area contributed by atoms with E-state index in [1.807, 2.05) is 13.0 Å². The predicted octanol–water partition coefficient (Wildman–Crippen LogP) is 2.87. The van der Waals surface area contributed by atoms with Crippen molar-refractivity contribution in [2.45, 2.75) is 13.3 Å². The number of aryl methyl sites for hydroxylation is 1. The number of nitrogens with zero attached hydrogens (tertiary/aromatic N) is 2. The third kappa shape index (κ3) is 4.60. The number of rotatable bonds is 6. The number of carbonyl (C=O) groups excluding carboxylic acids is 2. The van der Waals surface area contributed by atoms with Crippen LogP contribution in [0.2, 0.25) is 0 Å². The summed E-state index contributed by atoms with van der Waals surface area (Å²) >= 11 is 0. The van der Waals surface area contributed by atoms with Gasteiger partial charge >= 0.3 is 5.97 Å². The number of anilines is 1. The summed E-state index contributed by atoms with van der Waals surface area (Å²) in [5.41, 5.74) is 1.95. The van der Waals surface area contributed by atoms with Gasteiger partial charge in [0.15, 0.2) is 18.1 Å². The fourth-order valence-electron chi connectivity index (χ4n) is 2.74. The molecule has 0 radical (unpaired) electrons. The number of nitriles is 1. The number of amides is 1. The van der Waals surface area contributed by atoms with Crippen molar-refractivity contribution in [1.29, 1.82) is 5.26 Å². The molecule has 0 aliphatic carbocycles. The Kier molecular flexibility index (Phi) is 6.12. The molecule has 0 aromatic heterocycles. The molecule has 0 N–H and O–H groups in total. The highest BCUT2D eigenvalue weighted by Gasteiger charge is 2.21.